The Labute approximate surface area is 242 Å². The van der Waals surface area contributed by atoms with Crippen molar-refractivity contribution in [3.05, 3.63) is 103 Å². The minimum atomic E-state index is -0.958. The van der Waals surface area contributed by atoms with Crippen LogP contribution in [0.4, 0.5) is 0 Å². The molecule has 39 heavy (non-hydrogen) atoms. The van der Waals surface area contributed by atoms with Crippen molar-refractivity contribution in [1.82, 2.24) is 5.32 Å². The Morgan fingerprint density at radius 1 is 1.03 bits per heavy atom. The summed E-state index contributed by atoms with van der Waals surface area (Å²) in [6, 6.07) is 21.4. The number of benzene rings is 3. The molecule has 4 aromatic rings. The maximum Gasteiger partial charge on any atom is 0.305 e. The average Bonchev–Trinajstić information content (AvgIpc) is 3.24. The highest BCUT2D eigenvalue weighted by molar-refractivity contribution is 7.19. The van der Waals surface area contributed by atoms with Crippen LogP contribution in [0.3, 0.4) is 0 Å². The highest BCUT2D eigenvalue weighted by Crippen LogP contribution is 2.48. The number of nitrogens with zero attached hydrogens (tertiary/aromatic N) is 1. The molecule has 1 heterocycles. The number of aryl methyl sites for hydroxylation is 1. The van der Waals surface area contributed by atoms with Gasteiger partial charge in [-0.15, -0.1) is 11.3 Å². The van der Waals surface area contributed by atoms with Gasteiger partial charge < -0.3 is 10.4 Å². The number of amides is 1. The number of carbonyl (C=O) groups excluding carboxylic acids is 1. The number of fused-ring (bicyclic) bond motifs is 1. The van der Waals surface area contributed by atoms with E-state index in [-0.39, 0.29) is 30.7 Å². The summed E-state index contributed by atoms with van der Waals surface area (Å²) in [5, 5.41) is 23.4. The van der Waals surface area contributed by atoms with Crippen molar-refractivity contribution >= 4 is 56.5 Å². The number of carboxylic acids is 1. The molecule has 0 aliphatic heterocycles. The molecule has 0 saturated carbocycles. The van der Waals surface area contributed by atoms with Gasteiger partial charge in [-0.05, 0) is 77.7 Å². The number of thiophene rings is 1. The quantitative estimate of drug-likeness (QED) is 0.198. The first-order valence-electron chi connectivity index (χ1n) is 12.7. The zero-order valence-electron chi connectivity index (χ0n) is 21.6. The smallest absolute Gasteiger partial charge is 0.305 e. The van der Waals surface area contributed by atoms with Crippen LogP contribution in [0.15, 0.2) is 60.7 Å². The molecule has 2 N–H and O–H groups in total. The minimum absolute atomic E-state index is 0.0452. The molecule has 1 aromatic heterocycles. The molecule has 0 radical (unpaired) electrons. The predicted molar refractivity (Wildman–Crippen MR) is 158 cm³/mol. The summed E-state index contributed by atoms with van der Waals surface area (Å²) < 4.78 is 0.928. The number of carboxylic acid groups (broad SMARTS) is 1. The van der Waals surface area contributed by atoms with Crippen LogP contribution in [-0.2, 0) is 4.79 Å². The first-order chi connectivity index (χ1) is 18.7. The summed E-state index contributed by atoms with van der Waals surface area (Å²) in [5.41, 5.74) is 4.38. The third-order valence-electron chi connectivity index (χ3n) is 6.87. The van der Waals surface area contributed by atoms with Crippen molar-refractivity contribution < 1.29 is 14.7 Å². The molecule has 0 spiro atoms. The van der Waals surface area contributed by atoms with Gasteiger partial charge in [-0.1, -0.05) is 60.8 Å². The fraction of sp³-hybridized carbons (Fsp3) is 0.258. The monoisotopic (exact) mass is 578 g/mol. The lowest BCUT2D eigenvalue weighted by atomic mass is 9.74. The van der Waals surface area contributed by atoms with Crippen LogP contribution < -0.4 is 5.32 Å². The zero-order valence-corrected chi connectivity index (χ0v) is 24.0. The summed E-state index contributed by atoms with van der Waals surface area (Å²) in [7, 11) is 0. The zero-order chi connectivity index (χ0) is 28.1. The van der Waals surface area contributed by atoms with E-state index < -0.39 is 5.97 Å². The van der Waals surface area contributed by atoms with Crippen LogP contribution >= 0.6 is 34.5 Å². The van der Waals surface area contributed by atoms with Gasteiger partial charge in [0, 0.05) is 32.9 Å². The molecule has 4 rings (SSSR count). The number of aliphatic carboxylic acids is 1. The van der Waals surface area contributed by atoms with Gasteiger partial charge in [0.1, 0.15) is 6.07 Å². The number of halogens is 2. The molecule has 0 fully saturated rings. The lowest BCUT2D eigenvalue weighted by molar-refractivity contribution is -0.136. The van der Waals surface area contributed by atoms with Gasteiger partial charge in [0.05, 0.1) is 16.7 Å². The van der Waals surface area contributed by atoms with Gasteiger partial charge in [-0.25, -0.2) is 0 Å². The first-order valence-corrected chi connectivity index (χ1v) is 14.3. The molecule has 1 amide bonds. The fourth-order valence-corrected chi connectivity index (χ4v) is 6.64. The van der Waals surface area contributed by atoms with E-state index >= 15 is 0 Å². The van der Waals surface area contributed by atoms with Crippen LogP contribution in [0.2, 0.25) is 10.0 Å². The highest BCUT2D eigenvalue weighted by atomic mass is 35.5. The van der Waals surface area contributed by atoms with E-state index in [1.807, 2.05) is 30.3 Å². The van der Waals surface area contributed by atoms with Crippen LogP contribution in [0.5, 0.6) is 0 Å². The van der Waals surface area contributed by atoms with Crippen molar-refractivity contribution in [1.29, 1.82) is 5.26 Å². The standard InChI is InChI=1S/C31H28Cl2N2O3S/c1-3-4-25(19-5-7-21(8-6-19)31(38)35-14-13-27(36)37)29(20-9-11-23(32)12-10-20)28-18(2)39-30-22(17-34)15-24(33)16-26(28)30/h5-12,15-16,25,29H,3-4,13-14H2,1-2H3,(H,35,38)(H,36,37)/t25-,29?/m1/s1. The number of nitriles is 1. The second-order valence-electron chi connectivity index (χ2n) is 9.46. The first kappa shape index (κ1) is 28.6. The van der Waals surface area contributed by atoms with E-state index in [0.717, 1.165) is 44.5 Å². The summed E-state index contributed by atoms with van der Waals surface area (Å²) in [6.45, 7) is 4.32. The van der Waals surface area contributed by atoms with Crippen molar-refractivity contribution in [3.8, 4) is 6.07 Å². The van der Waals surface area contributed by atoms with Gasteiger partial charge in [0.15, 0.2) is 0 Å². The summed E-state index contributed by atoms with van der Waals surface area (Å²) in [6.07, 6.45) is 1.70. The average molecular weight is 580 g/mol. The molecule has 3 aromatic carbocycles. The van der Waals surface area contributed by atoms with Crippen molar-refractivity contribution in [2.24, 2.45) is 0 Å². The number of hydrogen-bond donors (Lipinski definition) is 2. The largest absolute Gasteiger partial charge is 0.481 e. The van der Waals surface area contributed by atoms with Crippen molar-refractivity contribution in [2.75, 3.05) is 6.54 Å². The maximum absolute atomic E-state index is 12.5. The second kappa shape index (κ2) is 12.7. The molecule has 0 bridgehead atoms. The topological polar surface area (TPSA) is 90.2 Å². The molecular weight excluding hydrogens is 551 g/mol. The van der Waals surface area contributed by atoms with E-state index in [4.69, 9.17) is 28.3 Å². The molecule has 2 atom stereocenters. The third kappa shape index (κ3) is 6.45. The van der Waals surface area contributed by atoms with Gasteiger partial charge in [0.25, 0.3) is 5.91 Å². The Kier molecular flexibility index (Phi) is 9.29. The van der Waals surface area contributed by atoms with E-state index in [9.17, 15) is 14.9 Å². The summed E-state index contributed by atoms with van der Waals surface area (Å²) >= 11 is 14.4. The lowest BCUT2D eigenvalue weighted by Gasteiger charge is -2.29. The highest BCUT2D eigenvalue weighted by Gasteiger charge is 2.31. The Morgan fingerprint density at radius 2 is 1.69 bits per heavy atom. The molecule has 200 valence electrons. The minimum Gasteiger partial charge on any atom is -0.481 e. The van der Waals surface area contributed by atoms with Crippen molar-refractivity contribution in [3.63, 3.8) is 0 Å². The second-order valence-corrected chi connectivity index (χ2v) is 11.6. The van der Waals surface area contributed by atoms with Crippen LogP contribution in [-0.4, -0.2) is 23.5 Å². The lowest BCUT2D eigenvalue weighted by Crippen LogP contribution is -2.26. The Morgan fingerprint density at radius 3 is 2.31 bits per heavy atom. The van der Waals surface area contributed by atoms with Gasteiger partial charge >= 0.3 is 5.97 Å². The van der Waals surface area contributed by atoms with E-state index in [2.05, 4.69) is 37.4 Å². The van der Waals surface area contributed by atoms with Crippen molar-refractivity contribution in [2.45, 2.75) is 44.9 Å². The van der Waals surface area contributed by atoms with Crippen LogP contribution in [0.25, 0.3) is 10.1 Å². The fourth-order valence-electron chi connectivity index (χ4n) is 5.14. The third-order valence-corrected chi connectivity index (χ3v) is 8.51. The maximum atomic E-state index is 12.5. The van der Waals surface area contributed by atoms with Gasteiger partial charge in [-0.3, -0.25) is 9.59 Å². The van der Waals surface area contributed by atoms with Gasteiger partial charge in [0.2, 0.25) is 0 Å². The number of carbonyl (C=O) groups is 2. The number of nitrogens with one attached hydrogen (secondary N) is 1. The van der Waals surface area contributed by atoms with Crippen LogP contribution in [0.1, 0.15) is 75.5 Å². The Bertz CT molecular complexity index is 1540. The number of rotatable bonds is 10. The molecule has 0 saturated heterocycles. The molecular formula is C31H28Cl2N2O3S. The molecule has 1 unspecified atom stereocenters. The Hall–Kier alpha value is -3.37. The summed E-state index contributed by atoms with van der Waals surface area (Å²) in [4.78, 5) is 24.4. The van der Waals surface area contributed by atoms with E-state index in [1.54, 1.807) is 29.5 Å². The van der Waals surface area contributed by atoms with Crippen LogP contribution in [0, 0.1) is 18.3 Å². The van der Waals surface area contributed by atoms with E-state index in [1.165, 1.54) is 0 Å². The SMILES string of the molecule is CCC[C@H](c1ccc(C(=O)NCCC(=O)O)cc1)C(c1ccc(Cl)cc1)c1c(C)sc2c(C#N)cc(Cl)cc12. The molecule has 8 heteroatoms. The normalized spacial score (nSPS) is 12.6. The van der Waals surface area contributed by atoms with Gasteiger partial charge in [-0.2, -0.15) is 5.26 Å². The van der Waals surface area contributed by atoms with E-state index in [0.29, 0.717) is 21.2 Å². The Balaban J connectivity index is 1.82. The molecule has 0 aliphatic rings. The summed E-state index contributed by atoms with van der Waals surface area (Å²) in [5.74, 6) is -1.24. The molecule has 0 aliphatic carbocycles. The predicted octanol–water partition coefficient (Wildman–Crippen LogP) is 8.31. The number of hydrogen-bond acceptors (Lipinski definition) is 4. The molecule has 5 nitrogen and oxygen atoms in total.